The van der Waals surface area contributed by atoms with Crippen molar-refractivity contribution in [3.05, 3.63) is 279 Å². The Bertz CT molecular complexity index is 6700. The molecule has 0 saturated heterocycles. The summed E-state index contributed by atoms with van der Waals surface area (Å²) in [4.78, 5) is 2.78. The van der Waals surface area contributed by atoms with E-state index in [-0.39, 0.29) is 27.1 Å². The molecule has 0 atom stereocenters. The highest BCUT2D eigenvalue weighted by molar-refractivity contribution is 6.20. The Hall–Kier alpha value is -9.96. The Morgan fingerprint density at radius 1 is 0.222 bits per heavy atom. The monoisotopic (exact) mass is 1910 g/mol. The highest BCUT2D eigenvalue weighted by Gasteiger charge is 2.52. The highest BCUT2D eigenvalue weighted by Crippen LogP contribution is 2.67. The summed E-state index contributed by atoms with van der Waals surface area (Å²) in [6, 6.07) is 87.6. The van der Waals surface area contributed by atoms with Crippen molar-refractivity contribution in [2.45, 2.75) is 444 Å². The molecule has 0 aliphatic heterocycles. The van der Waals surface area contributed by atoms with Gasteiger partial charge in [0.05, 0.1) is 0 Å². The summed E-state index contributed by atoms with van der Waals surface area (Å²) < 4.78 is 14.7. The fraction of sp³-hybridized carbons (Fsp3) is 0.489. The molecule has 0 fully saturated rings. The predicted molar refractivity (Wildman–Crippen MR) is 624 cm³/mol. The molecule has 0 spiro atoms. The summed E-state index contributed by atoms with van der Waals surface area (Å²) in [5.41, 5.74) is 44.5. The number of hydrogen-bond donors (Lipinski definition) is 0. The quantitative estimate of drug-likeness (QED) is 0.0356. The van der Waals surface area contributed by atoms with Crippen LogP contribution in [0, 0.1) is 13.8 Å². The second kappa shape index (κ2) is 46.6. The summed E-state index contributed by atoms with van der Waals surface area (Å²) in [6.07, 6.45) is 65.5. The van der Waals surface area contributed by atoms with Crippen LogP contribution in [0.3, 0.4) is 0 Å². The first-order chi connectivity index (χ1) is 70.7. The molecule has 5 aliphatic rings. The molecule has 0 saturated carbocycles. The standard InChI is InChI=1S/C141H175NO2/c1-13-21-29-37-45-59-85-139(86-60-46-38-30-22-14-2)119-80-82-131-134(113-64-50-53-67-129(113)143-131)133(119)117-99-125-116(98-126(117)139)111-78-73-105(95-123(111)140(125,87-61-47-39-31-23-15-3)88-62-48-40-32-24-16-4)142(128-81-69-100(9)91-101(128)10)106-74-79-112-124(96-106)141(89-57-43-35-27-19-7,90-58-44-36-28-20-8)127-97-115(136-135(132(112)127)114-65-51-54-68-130(114)144-136)104-72-77-109-108-75-70-102(92-120(108)137(11,12)121(109)94-104)103-71-76-110-107-63-49-52-66-118(107)138(122(110)93-103,83-55-41-33-25-17-5)84-56-42-34-26-18-6/h49-54,63-82,91-99H,13-48,55-62,83-90H2,1-12H3. The molecule has 0 radical (unpaired) electrons. The van der Waals surface area contributed by atoms with Crippen molar-refractivity contribution in [3.8, 4) is 77.9 Å². The lowest BCUT2D eigenvalue weighted by Gasteiger charge is -2.36. The minimum atomic E-state index is -0.296. The molecule has 2 heterocycles. The fourth-order valence-corrected chi connectivity index (χ4v) is 28.9. The van der Waals surface area contributed by atoms with Gasteiger partial charge in [0.1, 0.15) is 22.3 Å². The van der Waals surface area contributed by atoms with Crippen LogP contribution in [-0.2, 0) is 27.1 Å². The molecule has 12 aromatic carbocycles. The van der Waals surface area contributed by atoms with Crippen LogP contribution in [0.5, 0.6) is 0 Å². The van der Waals surface area contributed by atoms with E-state index in [1.165, 1.54) is 458 Å². The number of unbranched alkanes of at least 4 members (excludes halogenated alkanes) is 36. The van der Waals surface area contributed by atoms with Gasteiger partial charge in [-0.2, -0.15) is 0 Å². The third kappa shape index (κ3) is 19.8. The van der Waals surface area contributed by atoms with E-state index in [4.69, 9.17) is 8.83 Å². The molecule has 144 heavy (non-hydrogen) atoms. The van der Waals surface area contributed by atoms with Gasteiger partial charge in [0, 0.05) is 71.2 Å². The van der Waals surface area contributed by atoms with Crippen LogP contribution in [0.25, 0.3) is 122 Å². The molecule has 3 nitrogen and oxygen atoms in total. The normalized spacial score (nSPS) is 14.7. The number of hydrogen-bond acceptors (Lipinski definition) is 3. The molecule has 19 rings (SSSR count). The maximum absolute atomic E-state index is 7.63. The van der Waals surface area contributed by atoms with Crippen molar-refractivity contribution in [3.63, 3.8) is 0 Å². The van der Waals surface area contributed by atoms with Gasteiger partial charge in [-0.1, -0.05) is 485 Å². The van der Waals surface area contributed by atoms with E-state index < -0.39 is 0 Å². The summed E-state index contributed by atoms with van der Waals surface area (Å²) in [5, 5.41) is 5.10. The molecule has 0 bridgehead atoms. The molecule has 0 N–H and O–H groups in total. The zero-order valence-corrected chi connectivity index (χ0v) is 91.2. The van der Waals surface area contributed by atoms with Gasteiger partial charge in [-0.3, -0.25) is 0 Å². The zero-order valence-electron chi connectivity index (χ0n) is 91.2. The first-order valence-electron chi connectivity index (χ1n) is 59.5. The first-order valence-corrected chi connectivity index (χ1v) is 59.5. The molecule has 5 aliphatic carbocycles. The Balaban J connectivity index is 0.768. The van der Waals surface area contributed by atoms with Gasteiger partial charge in [-0.25, -0.2) is 0 Å². The third-order valence-corrected chi connectivity index (χ3v) is 36.6. The molecule has 2 aromatic heterocycles. The van der Waals surface area contributed by atoms with Crippen LogP contribution in [0.15, 0.2) is 221 Å². The van der Waals surface area contributed by atoms with Crippen LogP contribution in [-0.4, -0.2) is 0 Å². The maximum atomic E-state index is 7.63. The van der Waals surface area contributed by atoms with Crippen molar-refractivity contribution in [1.82, 2.24) is 0 Å². The first kappa shape index (κ1) is 103. The molecule has 756 valence electrons. The average Bonchev–Trinajstić information content (AvgIpc) is 1.52. The van der Waals surface area contributed by atoms with E-state index in [1.807, 2.05) is 0 Å². The van der Waals surface area contributed by atoms with E-state index in [1.54, 1.807) is 33.4 Å². The Labute approximate surface area is 869 Å². The number of benzene rings is 12. The minimum Gasteiger partial charge on any atom is -0.456 e. The summed E-state index contributed by atoms with van der Waals surface area (Å²) in [7, 11) is 0. The van der Waals surface area contributed by atoms with Gasteiger partial charge in [-0.15, -0.1) is 0 Å². The minimum absolute atomic E-state index is 0.0210. The Morgan fingerprint density at radius 2 is 0.562 bits per heavy atom. The Morgan fingerprint density at radius 3 is 1.06 bits per heavy atom. The average molecular weight is 1920 g/mol. The van der Waals surface area contributed by atoms with E-state index in [0.29, 0.717) is 0 Å². The second-order valence-corrected chi connectivity index (χ2v) is 46.6. The lowest BCUT2D eigenvalue weighted by molar-refractivity contribution is 0.394. The largest absolute Gasteiger partial charge is 0.456 e. The predicted octanol–water partition coefficient (Wildman–Crippen LogP) is 44.7. The molecule has 0 amide bonds. The lowest BCUT2D eigenvalue weighted by atomic mass is 9.68. The third-order valence-electron chi connectivity index (χ3n) is 36.6. The molecule has 14 aromatic rings. The highest BCUT2D eigenvalue weighted by atomic mass is 16.3. The van der Waals surface area contributed by atoms with Gasteiger partial charge in [0.2, 0.25) is 0 Å². The van der Waals surface area contributed by atoms with E-state index >= 15 is 0 Å². The van der Waals surface area contributed by atoms with E-state index in [2.05, 4.69) is 300 Å². The molecule has 3 heteroatoms. The van der Waals surface area contributed by atoms with Gasteiger partial charge >= 0.3 is 0 Å². The summed E-state index contributed by atoms with van der Waals surface area (Å²) >= 11 is 0. The number of nitrogens with zero attached hydrogens (tertiary/aromatic N) is 1. The lowest BCUT2D eigenvalue weighted by Crippen LogP contribution is -2.27. The SMILES string of the molecule is CCCCCCCCC1(CCCCCCCC)c2cc(N(c3ccc4c(c3)C(CCCCCCC)(CCCCCCC)c3cc(-c5ccc6c(c5)C(C)(C)c5cc(-c7ccc8c(c7)C(CCCCCCC)(CCCCCCC)c7ccccc7-8)ccc5-6)c5oc6ccccc6c5c3-4)c3ccc(C)cc3C)ccc2-c2cc3c(cc21)-c1c(ccc2oc4ccccc4c12)C3(CCCCCCCC)CCCCCCCC. The van der Waals surface area contributed by atoms with Crippen LogP contribution in [0.2, 0.25) is 0 Å². The number of rotatable bonds is 57. The second-order valence-electron chi connectivity index (χ2n) is 46.6. The maximum Gasteiger partial charge on any atom is 0.143 e. The van der Waals surface area contributed by atoms with Crippen molar-refractivity contribution in [2.75, 3.05) is 4.90 Å². The van der Waals surface area contributed by atoms with Gasteiger partial charge < -0.3 is 13.7 Å². The van der Waals surface area contributed by atoms with Gasteiger partial charge in [0.25, 0.3) is 0 Å². The van der Waals surface area contributed by atoms with Gasteiger partial charge in [0.15, 0.2) is 0 Å². The molecular weight excluding hydrogens is 1740 g/mol. The van der Waals surface area contributed by atoms with Crippen molar-refractivity contribution >= 4 is 60.9 Å². The number of furan rings is 2. The summed E-state index contributed by atoms with van der Waals surface area (Å²) in [5.74, 6) is 0. The van der Waals surface area contributed by atoms with Gasteiger partial charge in [-0.05, 0) is 284 Å². The molecular formula is C141H175NO2. The van der Waals surface area contributed by atoms with E-state index in [0.717, 1.165) is 48.0 Å². The number of aryl methyl sites for hydroxylation is 2. The van der Waals surface area contributed by atoms with E-state index in [9.17, 15) is 0 Å². The molecule has 0 unspecified atom stereocenters. The summed E-state index contributed by atoms with van der Waals surface area (Å²) in [6.45, 7) is 28.8. The van der Waals surface area contributed by atoms with Crippen LogP contribution in [0.4, 0.5) is 17.1 Å². The van der Waals surface area contributed by atoms with Crippen molar-refractivity contribution in [1.29, 1.82) is 0 Å². The number of para-hydroxylation sites is 2. The fourth-order valence-electron chi connectivity index (χ4n) is 28.9. The van der Waals surface area contributed by atoms with Crippen LogP contribution >= 0.6 is 0 Å². The Kier molecular flexibility index (Phi) is 33.2. The van der Waals surface area contributed by atoms with Crippen molar-refractivity contribution < 1.29 is 8.83 Å². The number of anilines is 3. The van der Waals surface area contributed by atoms with Crippen LogP contribution < -0.4 is 4.90 Å². The zero-order chi connectivity index (χ0) is 99.4. The smallest absolute Gasteiger partial charge is 0.143 e. The van der Waals surface area contributed by atoms with Crippen LogP contribution in [0.1, 0.15) is 470 Å². The van der Waals surface area contributed by atoms with Crippen molar-refractivity contribution in [2.24, 2.45) is 0 Å². The topological polar surface area (TPSA) is 29.5 Å². The number of fused-ring (bicyclic) bond motifs is 23.